The predicted octanol–water partition coefficient (Wildman–Crippen LogP) is 3.62. The number of piperidine rings is 1. The van der Waals surface area contributed by atoms with Gasteiger partial charge in [0.15, 0.2) is 0 Å². The number of aryl methyl sites for hydroxylation is 2. The van der Waals surface area contributed by atoms with Crippen LogP contribution in [0.4, 0.5) is 0 Å². The number of nitrogens with zero attached hydrogens (tertiary/aromatic N) is 3. The van der Waals surface area contributed by atoms with Crippen molar-refractivity contribution >= 4 is 22.9 Å². The minimum absolute atomic E-state index is 0.255. The summed E-state index contributed by atoms with van der Waals surface area (Å²) in [6.07, 6.45) is 5.33. The first kappa shape index (κ1) is 15.6. The summed E-state index contributed by atoms with van der Waals surface area (Å²) in [5.74, 6) is 1.62. The molecule has 0 bridgehead atoms. The van der Waals surface area contributed by atoms with Crippen LogP contribution in [0, 0.1) is 6.92 Å². The zero-order valence-electron chi connectivity index (χ0n) is 13.5. The van der Waals surface area contributed by atoms with Crippen molar-refractivity contribution in [3.05, 3.63) is 29.6 Å². The van der Waals surface area contributed by atoms with Gasteiger partial charge in [-0.3, -0.25) is 4.31 Å². The molecule has 0 N–H and O–H groups in total. The van der Waals surface area contributed by atoms with Gasteiger partial charge in [-0.2, -0.15) is 4.98 Å². The third-order valence-electron chi connectivity index (χ3n) is 4.20. The second kappa shape index (κ2) is 6.84. The molecule has 1 aliphatic heterocycles. The average Bonchev–Trinajstić information content (AvgIpc) is 2.55. The van der Waals surface area contributed by atoms with Crippen molar-refractivity contribution in [1.82, 2.24) is 14.3 Å². The van der Waals surface area contributed by atoms with E-state index in [1.54, 1.807) is 0 Å². The van der Waals surface area contributed by atoms with E-state index in [0.717, 1.165) is 55.0 Å². The van der Waals surface area contributed by atoms with Gasteiger partial charge in [-0.15, -0.1) is 0 Å². The van der Waals surface area contributed by atoms with Gasteiger partial charge in [0.2, 0.25) is 5.88 Å². The summed E-state index contributed by atoms with van der Waals surface area (Å²) in [5, 5.41) is 1.06. The van der Waals surface area contributed by atoms with Gasteiger partial charge in [0.25, 0.3) is 0 Å². The van der Waals surface area contributed by atoms with E-state index < -0.39 is 0 Å². The maximum absolute atomic E-state index is 6.30. The van der Waals surface area contributed by atoms with Crippen molar-refractivity contribution in [3.8, 4) is 5.88 Å². The largest absolute Gasteiger partial charge is 0.474 e. The Balaban J connectivity index is 1.89. The van der Waals surface area contributed by atoms with E-state index in [0.29, 0.717) is 0 Å². The second-order valence-electron chi connectivity index (χ2n) is 5.70. The molecule has 0 radical (unpaired) electrons. The number of benzene rings is 1. The average molecular weight is 317 g/mol. The SMILES string of the molecule is CCc1nc(OC2CCN(SC)CC2)c2c(C)cccc2n1. The maximum atomic E-state index is 6.30. The summed E-state index contributed by atoms with van der Waals surface area (Å²) in [6.45, 7) is 6.33. The van der Waals surface area contributed by atoms with Gasteiger partial charge in [-0.25, -0.2) is 4.98 Å². The topological polar surface area (TPSA) is 38.2 Å². The Morgan fingerprint density at radius 2 is 2.05 bits per heavy atom. The highest BCUT2D eigenvalue weighted by Crippen LogP contribution is 2.29. The van der Waals surface area contributed by atoms with Crippen molar-refractivity contribution in [2.45, 2.75) is 39.2 Å². The second-order valence-corrected chi connectivity index (χ2v) is 6.58. The van der Waals surface area contributed by atoms with E-state index in [-0.39, 0.29) is 6.10 Å². The van der Waals surface area contributed by atoms with Gasteiger partial charge in [-0.1, -0.05) is 31.0 Å². The first-order valence-electron chi connectivity index (χ1n) is 7.93. The van der Waals surface area contributed by atoms with Crippen LogP contribution in [0.1, 0.15) is 31.2 Å². The Morgan fingerprint density at radius 1 is 1.27 bits per heavy atom. The fraction of sp³-hybridized carbons (Fsp3) is 0.529. The molecular formula is C17H23N3OS. The van der Waals surface area contributed by atoms with Crippen LogP contribution in [0.5, 0.6) is 5.88 Å². The lowest BCUT2D eigenvalue weighted by atomic mass is 10.1. The standard InChI is InChI=1S/C17H23N3OS/c1-4-15-18-14-7-5-6-12(2)16(14)17(19-15)21-13-8-10-20(22-3)11-9-13/h5-7,13H,4,8-11H2,1-3H3. The van der Waals surface area contributed by atoms with E-state index in [1.807, 2.05) is 24.1 Å². The molecular weight excluding hydrogens is 294 g/mol. The van der Waals surface area contributed by atoms with Crippen LogP contribution >= 0.6 is 11.9 Å². The summed E-state index contributed by atoms with van der Waals surface area (Å²) in [7, 11) is 0. The zero-order chi connectivity index (χ0) is 15.5. The Kier molecular flexibility index (Phi) is 4.84. The van der Waals surface area contributed by atoms with Crippen LogP contribution in [-0.2, 0) is 6.42 Å². The molecule has 4 nitrogen and oxygen atoms in total. The number of ether oxygens (including phenoxy) is 1. The first-order chi connectivity index (χ1) is 10.7. The van der Waals surface area contributed by atoms with Gasteiger partial charge in [0.05, 0.1) is 10.9 Å². The van der Waals surface area contributed by atoms with Crippen molar-refractivity contribution in [3.63, 3.8) is 0 Å². The summed E-state index contributed by atoms with van der Waals surface area (Å²) in [4.78, 5) is 9.29. The number of aromatic nitrogens is 2. The van der Waals surface area contributed by atoms with Gasteiger partial charge in [-0.05, 0) is 37.7 Å². The molecule has 22 heavy (non-hydrogen) atoms. The van der Waals surface area contributed by atoms with Crippen LogP contribution in [-0.4, -0.2) is 39.7 Å². The smallest absolute Gasteiger partial charge is 0.225 e. The highest BCUT2D eigenvalue weighted by atomic mass is 32.2. The van der Waals surface area contributed by atoms with E-state index >= 15 is 0 Å². The van der Waals surface area contributed by atoms with Crippen molar-refractivity contribution in [2.75, 3.05) is 19.3 Å². The van der Waals surface area contributed by atoms with Crippen LogP contribution in [0.3, 0.4) is 0 Å². The van der Waals surface area contributed by atoms with Gasteiger partial charge >= 0.3 is 0 Å². The summed E-state index contributed by atoms with van der Waals surface area (Å²) >= 11 is 1.82. The minimum atomic E-state index is 0.255. The summed E-state index contributed by atoms with van der Waals surface area (Å²) in [5.41, 5.74) is 2.17. The lowest BCUT2D eigenvalue weighted by molar-refractivity contribution is 0.135. The molecule has 1 saturated heterocycles. The normalized spacial score (nSPS) is 17.0. The highest BCUT2D eigenvalue weighted by Gasteiger charge is 2.22. The highest BCUT2D eigenvalue weighted by molar-refractivity contribution is 7.96. The molecule has 1 aromatic heterocycles. The molecule has 0 amide bonds. The van der Waals surface area contributed by atoms with Crippen LogP contribution in [0.25, 0.3) is 10.9 Å². The molecule has 0 aliphatic carbocycles. The fourth-order valence-electron chi connectivity index (χ4n) is 2.89. The van der Waals surface area contributed by atoms with Crippen LogP contribution in [0.2, 0.25) is 0 Å². The molecule has 0 atom stereocenters. The Labute approximate surface area is 136 Å². The molecule has 118 valence electrons. The van der Waals surface area contributed by atoms with E-state index in [9.17, 15) is 0 Å². The minimum Gasteiger partial charge on any atom is -0.474 e. The van der Waals surface area contributed by atoms with Crippen molar-refractivity contribution in [2.24, 2.45) is 0 Å². The van der Waals surface area contributed by atoms with Gasteiger partial charge < -0.3 is 4.74 Å². The number of rotatable bonds is 4. The lowest BCUT2D eigenvalue weighted by Gasteiger charge is -2.30. The third-order valence-corrected chi connectivity index (χ3v) is 5.08. The van der Waals surface area contributed by atoms with Crippen molar-refractivity contribution < 1.29 is 4.74 Å². The molecule has 0 spiro atoms. The van der Waals surface area contributed by atoms with Crippen LogP contribution in [0.15, 0.2) is 18.2 Å². The molecule has 2 aromatic rings. The number of hydrogen-bond acceptors (Lipinski definition) is 5. The Hall–Kier alpha value is -1.33. The van der Waals surface area contributed by atoms with E-state index in [4.69, 9.17) is 4.74 Å². The lowest BCUT2D eigenvalue weighted by Crippen LogP contribution is -2.34. The monoisotopic (exact) mass is 317 g/mol. The molecule has 3 rings (SSSR count). The molecule has 5 heteroatoms. The maximum Gasteiger partial charge on any atom is 0.225 e. The Morgan fingerprint density at radius 3 is 2.73 bits per heavy atom. The summed E-state index contributed by atoms with van der Waals surface area (Å²) in [6, 6.07) is 6.19. The molecule has 1 aromatic carbocycles. The zero-order valence-corrected chi connectivity index (χ0v) is 14.3. The van der Waals surface area contributed by atoms with E-state index in [2.05, 4.69) is 40.4 Å². The molecule has 1 aliphatic rings. The van der Waals surface area contributed by atoms with Crippen LogP contribution < -0.4 is 4.74 Å². The quantitative estimate of drug-likeness (QED) is 0.805. The van der Waals surface area contributed by atoms with Gasteiger partial charge in [0.1, 0.15) is 11.9 Å². The fourth-order valence-corrected chi connectivity index (χ4v) is 3.47. The Bertz CT molecular complexity index is 654. The molecule has 1 fully saturated rings. The predicted molar refractivity (Wildman–Crippen MR) is 92.4 cm³/mol. The van der Waals surface area contributed by atoms with Gasteiger partial charge in [0, 0.05) is 19.5 Å². The number of fused-ring (bicyclic) bond motifs is 1. The molecule has 0 saturated carbocycles. The third kappa shape index (κ3) is 3.20. The number of hydrogen-bond donors (Lipinski definition) is 0. The molecule has 0 unspecified atom stereocenters. The summed E-state index contributed by atoms with van der Waals surface area (Å²) < 4.78 is 8.69. The first-order valence-corrected chi connectivity index (χ1v) is 9.11. The van der Waals surface area contributed by atoms with Crippen molar-refractivity contribution in [1.29, 1.82) is 0 Å². The molecule has 2 heterocycles. The van der Waals surface area contributed by atoms with E-state index in [1.165, 1.54) is 5.56 Å².